The first-order valence-electron chi connectivity index (χ1n) is 16.9. The Kier molecular flexibility index (Phi) is 10.3. The second-order valence-corrected chi connectivity index (χ2v) is 15.1. The third-order valence-corrected chi connectivity index (χ3v) is 11.3. The van der Waals surface area contributed by atoms with Gasteiger partial charge in [0.15, 0.2) is 0 Å². The summed E-state index contributed by atoms with van der Waals surface area (Å²) in [6, 6.07) is 7.20. The zero-order chi connectivity index (χ0) is 32.5. The van der Waals surface area contributed by atoms with Gasteiger partial charge >= 0.3 is 0 Å². The van der Waals surface area contributed by atoms with E-state index < -0.39 is 29.7 Å². The predicted molar refractivity (Wildman–Crippen MR) is 173 cm³/mol. The summed E-state index contributed by atoms with van der Waals surface area (Å²) in [6.45, 7) is 8.93. The summed E-state index contributed by atoms with van der Waals surface area (Å²) < 4.78 is 0. The van der Waals surface area contributed by atoms with Crippen molar-refractivity contribution >= 4 is 11.8 Å². The lowest BCUT2D eigenvalue weighted by Gasteiger charge is -2.62. The van der Waals surface area contributed by atoms with E-state index in [9.17, 15) is 19.8 Å². The third kappa shape index (κ3) is 7.26. The molecule has 2 bridgehead atoms. The molecule has 6 rings (SSSR count). The van der Waals surface area contributed by atoms with Crippen LogP contribution in [0.5, 0.6) is 0 Å². The van der Waals surface area contributed by atoms with E-state index in [4.69, 9.17) is 4.84 Å². The fourth-order valence-corrected chi connectivity index (χ4v) is 8.63. The number of carbonyl (C=O) groups excluding carboxylic acids is 2. The summed E-state index contributed by atoms with van der Waals surface area (Å²) >= 11 is 0. The van der Waals surface area contributed by atoms with Gasteiger partial charge in [0.1, 0.15) is 17.7 Å². The van der Waals surface area contributed by atoms with Crippen LogP contribution in [-0.4, -0.2) is 89.1 Å². The van der Waals surface area contributed by atoms with E-state index in [1.807, 2.05) is 43.3 Å². The molecule has 0 radical (unpaired) electrons. The Labute approximate surface area is 269 Å². The van der Waals surface area contributed by atoms with Crippen LogP contribution < -0.4 is 10.6 Å². The van der Waals surface area contributed by atoms with Crippen molar-refractivity contribution in [3.05, 3.63) is 35.4 Å². The van der Waals surface area contributed by atoms with Crippen molar-refractivity contribution in [2.45, 2.75) is 109 Å². The molecular weight excluding hydrogens is 568 g/mol. The van der Waals surface area contributed by atoms with Gasteiger partial charge in [-0.3, -0.25) is 14.4 Å². The highest BCUT2D eigenvalue weighted by Crippen LogP contribution is 2.61. The second kappa shape index (κ2) is 13.7. The van der Waals surface area contributed by atoms with Gasteiger partial charge in [0, 0.05) is 17.5 Å². The molecule has 1 heterocycles. The van der Waals surface area contributed by atoms with Gasteiger partial charge in [-0.15, -0.1) is 0 Å². The molecule has 4 aliphatic carbocycles. The summed E-state index contributed by atoms with van der Waals surface area (Å²) in [5.74, 6) is 7.59. The number of hydrogen-bond acceptors (Lipinski definition) is 7. The molecular formula is C36H54N4O5. The van der Waals surface area contributed by atoms with Crippen molar-refractivity contribution in [1.82, 2.24) is 20.6 Å². The molecule has 1 aromatic rings. The first-order valence-corrected chi connectivity index (χ1v) is 16.9. The van der Waals surface area contributed by atoms with Crippen molar-refractivity contribution < 1.29 is 24.6 Å². The van der Waals surface area contributed by atoms with Crippen LogP contribution in [0.4, 0.5) is 0 Å². The molecule has 0 spiro atoms. The lowest BCUT2D eigenvalue weighted by atomic mass is 9.45. The zero-order valence-corrected chi connectivity index (χ0v) is 28.0. The Hall–Kier alpha value is -2.48. The van der Waals surface area contributed by atoms with Gasteiger partial charge in [-0.2, -0.15) is 5.06 Å². The lowest BCUT2D eigenvalue weighted by Crippen LogP contribution is -2.62. The quantitative estimate of drug-likeness (QED) is 0.313. The van der Waals surface area contributed by atoms with Crippen molar-refractivity contribution in [3.8, 4) is 11.8 Å². The number of carbonyl (C=O) groups is 2. The number of nitrogens with zero attached hydrogens (tertiary/aromatic N) is 2. The van der Waals surface area contributed by atoms with Crippen molar-refractivity contribution in [3.63, 3.8) is 0 Å². The predicted octanol–water partition coefficient (Wildman–Crippen LogP) is 3.08. The minimum Gasteiger partial charge on any atom is -0.394 e. The first-order chi connectivity index (χ1) is 21.3. The van der Waals surface area contributed by atoms with Crippen LogP contribution in [0.3, 0.4) is 0 Å². The molecule has 5 aliphatic rings. The molecule has 2 amide bonds. The maximum atomic E-state index is 14.0. The van der Waals surface area contributed by atoms with E-state index in [1.54, 1.807) is 12.0 Å². The van der Waals surface area contributed by atoms with Gasteiger partial charge in [0.05, 0.1) is 25.8 Å². The van der Waals surface area contributed by atoms with E-state index in [-0.39, 0.29) is 24.5 Å². The minimum atomic E-state index is -0.842. The Bertz CT molecular complexity index is 1280. The van der Waals surface area contributed by atoms with E-state index in [0.29, 0.717) is 36.3 Å². The van der Waals surface area contributed by atoms with Crippen LogP contribution in [0.15, 0.2) is 24.3 Å². The molecule has 45 heavy (non-hydrogen) atoms. The topological polar surface area (TPSA) is 114 Å². The normalized spacial score (nSPS) is 32.6. The Morgan fingerprint density at radius 1 is 1.18 bits per heavy atom. The number of aliphatic hydroxyl groups is 2. The van der Waals surface area contributed by atoms with E-state index in [0.717, 1.165) is 49.7 Å². The molecule has 1 saturated heterocycles. The second-order valence-electron chi connectivity index (χ2n) is 15.1. The Balaban J connectivity index is 1.33. The van der Waals surface area contributed by atoms with Crippen molar-refractivity contribution in [2.24, 2.45) is 29.1 Å². The van der Waals surface area contributed by atoms with Gasteiger partial charge in [-0.25, -0.2) is 0 Å². The molecule has 4 unspecified atom stereocenters. The summed E-state index contributed by atoms with van der Waals surface area (Å²) in [5, 5.41) is 29.1. The van der Waals surface area contributed by atoms with Gasteiger partial charge in [0.2, 0.25) is 11.8 Å². The molecule has 4 N–H and O–H groups in total. The number of hydrogen-bond donors (Lipinski definition) is 4. The minimum absolute atomic E-state index is 0.0186. The molecule has 4 saturated carbocycles. The molecule has 9 heteroatoms. The van der Waals surface area contributed by atoms with E-state index in [1.165, 1.54) is 6.42 Å². The molecule has 5 fully saturated rings. The molecule has 248 valence electrons. The number of amides is 2. The highest BCUT2D eigenvalue weighted by Gasteiger charge is 2.57. The number of aliphatic hydroxyl groups excluding tert-OH is 2. The van der Waals surface area contributed by atoms with E-state index >= 15 is 0 Å². The number of benzene rings is 1. The largest absolute Gasteiger partial charge is 0.394 e. The monoisotopic (exact) mass is 622 g/mol. The van der Waals surface area contributed by atoms with Gasteiger partial charge in [0.25, 0.3) is 0 Å². The van der Waals surface area contributed by atoms with Crippen LogP contribution in [0.25, 0.3) is 0 Å². The van der Waals surface area contributed by atoms with Gasteiger partial charge in [-0.05, 0) is 87.6 Å². The molecule has 0 aromatic heterocycles. The van der Waals surface area contributed by atoms with Gasteiger partial charge < -0.3 is 25.7 Å². The maximum Gasteiger partial charge on any atom is 0.240 e. The standard InChI is InChI=1S/C36H54N4O5/c1-23-28-18-27(35(28,3)4)19-29(23)37-34(44)33-32(24(2)42)30(22-41)45-40(33)20-26-12-10-11-25(17-26)13-16-36(14-8-7-9-15-36)38-31(43)21-39(5)6/h10-12,17,23-24,27-30,32-33,41-42H,7-9,14-15,18-22H2,1-6H3,(H,37,44)(H,38,43)/t23?,24-,27?,28-,29?,30?,32+,33-/m0/s1. The first kappa shape index (κ1) is 33.9. The summed E-state index contributed by atoms with van der Waals surface area (Å²) in [7, 11) is 3.77. The van der Waals surface area contributed by atoms with Crippen LogP contribution >= 0.6 is 0 Å². The fraction of sp³-hybridized carbons (Fsp3) is 0.722. The number of nitrogens with one attached hydrogen (secondary N) is 2. The summed E-state index contributed by atoms with van der Waals surface area (Å²) in [6.07, 6.45) is 5.54. The third-order valence-electron chi connectivity index (χ3n) is 11.3. The zero-order valence-electron chi connectivity index (χ0n) is 28.0. The van der Waals surface area contributed by atoms with Crippen molar-refractivity contribution in [2.75, 3.05) is 27.2 Å². The lowest BCUT2D eigenvalue weighted by molar-refractivity contribution is -0.183. The molecule has 8 atom stereocenters. The maximum absolute atomic E-state index is 14.0. The molecule has 1 aromatic carbocycles. The Morgan fingerprint density at radius 3 is 2.53 bits per heavy atom. The molecule has 9 nitrogen and oxygen atoms in total. The summed E-state index contributed by atoms with van der Waals surface area (Å²) in [5.41, 5.74) is 1.51. The van der Waals surface area contributed by atoms with Crippen LogP contribution in [0.1, 0.15) is 83.8 Å². The van der Waals surface area contributed by atoms with E-state index in [2.05, 4.69) is 43.2 Å². The Morgan fingerprint density at radius 2 is 1.91 bits per heavy atom. The highest BCUT2D eigenvalue weighted by molar-refractivity contribution is 5.83. The molecule has 1 aliphatic heterocycles. The summed E-state index contributed by atoms with van der Waals surface area (Å²) in [4.78, 5) is 34.7. The van der Waals surface area contributed by atoms with Crippen molar-refractivity contribution in [1.29, 1.82) is 0 Å². The van der Waals surface area contributed by atoms with Gasteiger partial charge in [-0.1, -0.05) is 64.0 Å². The number of rotatable bonds is 9. The van der Waals surface area contributed by atoms with Crippen LogP contribution in [0, 0.1) is 40.9 Å². The van der Waals surface area contributed by atoms with Crippen LogP contribution in [0.2, 0.25) is 0 Å². The number of hydroxylamine groups is 2. The average Bonchev–Trinajstić information content (AvgIpc) is 3.35. The number of fused-ring (bicyclic) bond motifs is 2. The average molecular weight is 623 g/mol. The highest BCUT2D eigenvalue weighted by atomic mass is 16.7. The smallest absolute Gasteiger partial charge is 0.240 e. The fourth-order valence-electron chi connectivity index (χ4n) is 8.63. The van der Waals surface area contributed by atoms with Crippen LogP contribution in [-0.2, 0) is 21.0 Å². The SMILES string of the molecule is CC1C(NC(=O)[C@@H]2[C@H]([C@H](C)O)C(CO)ON2Cc2cccc(C#CC3(NC(=O)CN(C)C)CCCCC3)c2)CC2C[C@@H]1C2(C)C. The number of likely N-dealkylation sites (N-methyl/N-ethyl adjacent to an activating group) is 1.